The first kappa shape index (κ1) is 17.0. The van der Waals surface area contributed by atoms with Crippen molar-refractivity contribution in [3.05, 3.63) is 41.1 Å². The lowest BCUT2D eigenvalue weighted by molar-refractivity contribution is -0.139. The number of fused-ring (bicyclic) bond motifs is 1. The van der Waals surface area contributed by atoms with E-state index in [2.05, 4.69) is 10.2 Å². The van der Waals surface area contributed by atoms with Gasteiger partial charge in [-0.3, -0.25) is 4.90 Å². The molecule has 0 aromatic heterocycles. The van der Waals surface area contributed by atoms with Crippen molar-refractivity contribution in [2.24, 2.45) is 5.41 Å². The van der Waals surface area contributed by atoms with Crippen LogP contribution in [-0.4, -0.2) is 65.8 Å². The van der Waals surface area contributed by atoms with E-state index in [4.69, 9.17) is 9.47 Å². The second-order valence-electron chi connectivity index (χ2n) is 8.78. The van der Waals surface area contributed by atoms with Gasteiger partial charge < -0.3 is 25.0 Å². The van der Waals surface area contributed by atoms with E-state index in [0.717, 1.165) is 29.9 Å². The first-order chi connectivity index (χ1) is 13.5. The van der Waals surface area contributed by atoms with Gasteiger partial charge >= 0.3 is 5.97 Å². The molecule has 4 heterocycles. The molecule has 1 aromatic carbocycles. The summed E-state index contributed by atoms with van der Waals surface area (Å²) < 4.78 is 11.1. The molecule has 0 radical (unpaired) electrons. The normalized spacial score (nSPS) is 43.1. The number of methoxy groups -OCH3 is 1. The van der Waals surface area contributed by atoms with Gasteiger partial charge in [-0.25, -0.2) is 4.79 Å². The summed E-state index contributed by atoms with van der Waals surface area (Å²) in [5, 5.41) is 25.3. The quantitative estimate of drug-likeness (QED) is 0.615. The molecule has 1 aliphatic carbocycles. The maximum atomic E-state index is 12.9. The maximum Gasteiger partial charge on any atom is 0.335 e. The molecule has 0 unspecified atom stereocenters. The molecular formula is C21H24N2O5. The van der Waals surface area contributed by atoms with E-state index in [1.54, 1.807) is 0 Å². The van der Waals surface area contributed by atoms with Gasteiger partial charge in [0.25, 0.3) is 0 Å². The molecule has 28 heavy (non-hydrogen) atoms. The van der Waals surface area contributed by atoms with E-state index in [-0.39, 0.29) is 18.1 Å². The summed E-state index contributed by atoms with van der Waals surface area (Å²) in [6.07, 6.45) is 0.0907. The Labute approximate surface area is 162 Å². The molecule has 4 aliphatic heterocycles. The highest BCUT2D eigenvalue weighted by molar-refractivity contribution is 5.93. The van der Waals surface area contributed by atoms with Crippen LogP contribution in [0.2, 0.25) is 0 Å². The number of ether oxygens (including phenoxy) is 2. The molecule has 148 valence electrons. The summed E-state index contributed by atoms with van der Waals surface area (Å²) in [6.45, 7) is 1.36. The van der Waals surface area contributed by atoms with Gasteiger partial charge in [0.2, 0.25) is 0 Å². The minimum absolute atomic E-state index is 0.0366. The summed E-state index contributed by atoms with van der Waals surface area (Å²) >= 11 is 0. The molecule has 3 N–H and O–H groups in total. The molecule has 6 rings (SSSR count). The fourth-order valence-corrected chi connectivity index (χ4v) is 7.01. The fourth-order valence-electron chi connectivity index (χ4n) is 7.01. The predicted octanol–water partition coefficient (Wildman–Crippen LogP) is 0.723. The van der Waals surface area contributed by atoms with Crippen molar-refractivity contribution in [3.63, 3.8) is 0 Å². The number of nitrogens with one attached hydrogen (secondary N) is 1. The lowest BCUT2D eigenvalue weighted by atomic mass is 9.52. The van der Waals surface area contributed by atoms with Gasteiger partial charge in [0.1, 0.15) is 0 Å². The molecule has 3 saturated heterocycles. The zero-order valence-corrected chi connectivity index (χ0v) is 15.7. The van der Waals surface area contributed by atoms with Crippen LogP contribution in [0.4, 0.5) is 5.69 Å². The van der Waals surface area contributed by atoms with Gasteiger partial charge in [0, 0.05) is 42.4 Å². The first-order valence-electron chi connectivity index (χ1n) is 9.96. The average Bonchev–Trinajstić information content (AvgIpc) is 3.31. The molecule has 0 bridgehead atoms. The standard InChI is InChI=1S/C21H24N2O5/c1-27-18(26)11-8-20-9-16(25)28-15(20)6-7-23-10-14(24)21(19(20)23)12-4-2-3-5-13(12)22-17(11)21/h2-5,14-16,19,22,24-25H,6-10H2,1H3/t14-,15+,16-,19+,20+,21-/m1/s1. The molecule has 3 fully saturated rings. The number of rotatable bonds is 1. The molecular weight excluding hydrogens is 360 g/mol. The molecule has 6 atom stereocenters. The van der Waals surface area contributed by atoms with Gasteiger partial charge in [-0.2, -0.15) is 0 Å². The largest absolute Gasteiger partial charge is 0.466 e. The van der Waals surface area contributed by atoms with Crippen LogP contribution in [0.3, 0.4) is 0 Å². The lowest BCUT2D eigenvalue weighted by Crippen LogP contribution is -2.64. The number of piperidine rings is 1. The van der Waals surface area contributed by atoms with Crippen molar-refractivity contribution in [1.29, 1.82) is 0 Å². The smallest absolute Gasteiger partial charge is 0.335 e. The van der Waals surface area contributed by atoms with Crippen LogP contribution in [0.1, 0.15) is 24.8 Å². The van der Waals surface area contributed by atoms with Gasteiger partial charge in [0.15, 0.2) is 6.29 Å². The minimum atomic E-state index is -0.843. The van der Waals surface area contributed by atoms with Crippen LogP contribution in [0, 0.1) is 5.41 Å². The van der Waals surface area contributed by atoms with E-state index in [0.29, 0.717) is 25.0 Å². The molecule has 7 nitrogen and oxygen atoms in total. The van der Waals surface area contributed by atoms with Crippen molar-refractivity contribution in [2.45, 2.75) is 49.2 Å². The van der Waals surface area contributed by atoms with E-state index < -0.39 is 23.2 Å². The number of carbonyl (C=O) groups is 1. The topological polar surface area (TPSA) is 91.3 Å². The van der Waals surface area contributed by atoms with Crippen molar-refractivity contribution in [2.75, 3.05) is 25.5 Å². The first-order valence-corrected chi connectivity index (χ1v) is 9.96. The summed E-state index contributed by atoms with van der Waals surface area (Å²) in [7, 11) is 1.39. The number of esters is 1. The summed E-state index contributed by atoms with van der Waals surface area (Å²) in [5.41, 5.74) is 2.13. The Kier molecular flexibility index (Phi) is 3.25. The van der Waals surface area contributed by atoms with Crippen molar-refractivity contribution >= 4 is 11.7 Å². The molecule has 0 amide bonds. The summed E-state index contributed by atoms with van der Waals surface area (Å²) in [6, 6.07) is 7.94. The third-order valence-corrected chi connectivity index (χ3v) is 7.76. The van der Waals surface area contributed by atoms with Crippen molar-refractivity contribution < 1.29 is 24.5 Å². The van der Waals surface area contributed by atoms with Gasteiger partial charge in [-0.15, -0.1) is 0 Å². The third-order valence-electron chi connectivity index (χ3n) is 7.76. The molecule has 7 heteroatoms. The van der Waals surface area contributed by atoms with Crippen LogP contribution in [0.5, 0.6) is 0 Å². The van der Waals surface area contributed by atoms with E-state index in [9.17, 15) is 15.0 Å². The highest BCUT2D eigenvalue weighted by atomic mass is 16.6. The highest BCUT2D eigenvalue weighted by Gasteiger charge is 2.73. The lowest BCUT2D eigenvalue weighted by Gasteiger charge is -2.56. The number of carbonyl (C=O) groups excluding carboxylic acids is 1. The Morgan fingerprint density at radius 1 is 1.36 bits per heavy atom. The average molecular weight is 384 g/mol. The van der Waals surface area contributed by atoms with Gasteiger partial charge in [-0.05, 0) is 24.5 Å². The second-order valence-corrected chi connectivity index (χ2v) is 8.78. The van der Waals surface area contributed by atoms with Crippen LogP contribution in [-0.2, 0) is 19.7 Å². The number of para-hydroxylation sites is 1. The van der Waals surface area contributed by atoms with Gasteiger partial charge in [0.05, 0.1) is 30.3 Å². The fraction of sp³-hybridized carbons (Fsp3) is 0.571. The molecule has 2 spiro atoms. The Balaban J connectivity index is 1.68. The monoisotopic (exact) mass is 384 g/mol. The number of hydrogen-bond donors (Lipinski definition) is 3. The zero-order chi connectivity index (χ0) is 19.3. The maximum absolute atomic E-state index is 12.9. The highest BCUT2D eigenvalue weighted by Crippen LogP contribution is 2.67. The molecule has 0 saturated carbocycles. The van der Waals surface area contributed by atoms with Gasteiger partial charge in [-0.1, -0.05) is 18.2 Å². The van der Waals surface area contributed by atoms with Crippen LogP contribution >= 0.6 is 0 Å². The molecule has 5 aliphatic rings. The SMILES string of the molecule is COC(=O)C1=C2Nc3ccccc3[C@@]23[C@H](O)CN2CC[C@@H]4O[C@@H](O)C[C@]4(C1)[C@H]23. The summed E-state index contributed by atoms with van der Waals surface area (Å²) in [5.74, 6) is -0.376. The summed E-state index contributed by atoms with van der Waals surface area (Å²) in [4.78, 5) is 15.2. The Bertz CT molecular complexity index is 916. The van der Waals surface area contributed by atoms with E-state index in [1.807, 2.05) is 24.3 Å². The Morgan fingerprint density at radius 2 is 2.18 bits per heavy atom. The zero-order valence-electron chi connectivity index (χ0n) is 15.7. The van der Waals surface area contributed by atoms with Crippen molar-refractivity contribution in [3.8, 4) is 0 Å². The number of nitrogens with zero attached hydrogens (tertiary/aromatic N) is 1. The number of aliphatic hydroxyl groups excluding tert-OH is 2. The Hall–Kier alpha value is -1.93. The van der Waals surface area contributed by atoms with E-state index in [1.165, 1.54) is 7.11 Å². The second kappa shape index (κ2) is 5.36. The predicted molar refractivity (Wildman–Crippen MR) is 99.3 cm³/mol. The number of benzene rings is 1. The molecule has 1 aromatic rings. The Morgan fingerprint density at radius 3 is 3.00 bits per heavy atom. The van der Waals surface area contributed by atoms with E-state index >= 15 is 0 Å². The minimum Gasteiger partial charge on any atom is -0.466 e. The number of hydrogen-bond acceptors (Lipinski definition) is 7. The van der Waals surface area contributed by atoms with Crippen LogP contribution in [0.25, 0.3) is 0 Å². The number of anilines is 1. The third kappa shape index (κ3) is 1.73. The number of aliphatic hydroxyl groups is 2. The van der Waals surface area contributed by atoms with Crippen LogP contribution in [0.15, 0.2) is 35.5 Å². The van der Waals surface area contributed by atoms with Crippen molar-refractivity contribution in [1.82, 2.24) is 4.90 Å². The van der Waals surface area contributed by atoms with Crippen LogP contribution < -0.4 is 5.32 Å².